The van der Waals surface area contributed by atoms with Crippen molar-refractivity contribution in [2.45, 2.75) is 26.7 Å². The first-order chi connectivity index (χ1) is 9.51. The predicted octanol–water partition coefficient (Wildman–Crippen LogP) is 2.30. The van der Waals surface area contributed by atoms with Crippen molar-refractivity contribution >= 4 is 23.4 Å². The number of amides is 2. The summed E-state index contributed by atoms with van der Waals surface area (Å²) in [7, 11) is 0. The highest BCUT2D eigenvalue weighted by molar-refractivity contribution is 5.97. The van der Waals surface area contributed by atoms with Crippen LogP contribution in [0.2, 0.25) is 0 Å². The number of hydrogen-bond donors (Lipinski definition) is 3. The molecule has 6 heteroatoms. The average Bonchev–Trinajstić information content (AvgIpc) is 2.41. The van der Waals surface area contributed by atoms with Crippen LogP contribution in [0, 0.1) is 0 Å². The van der Waals surface area contributed by atoms with Crippen LogP contribution in [-0.2, 0) is 0 Å². The molecule has 0 aliphatic heterocycles. The molecule has 0 unspecified atom stereocenters. The van der Waals surface area contributed by atoms with Crippen molar-refractivity contribution in [2.75, 3.05) is 23.7 Å². The van der Waals surface area contributed by atoms with Gasteiger partial charge in [-0.3, -0.25) is 4.90 Å². The Labute approximate surface area is 118 Å². The Kier molecular flexibility index (Phi) is 5.83. The topological polar surface area (TPSA) is 95.7 Å². The number of anilines is 2. The summed E-state index contributed by atoms with van der Waals surface area (Å²) in [6.45, 7) is 4.95. The molecule has 4 N–H and O–H groups in total. The number of nitrogen functional groups attached to an aromatic ring is 1. The monoisotopic (exact) mass is 279 g/mol. The van der Waals surface area contributed by atoms with Gasteiger partial charge in [-0.2, -0.15) is 0 Å². The fraction of sp³-hybridized carbons (Fsp3) is 0.429. The normalized spacial score (nSPS) is 10.1. The van der Waals surface area contributed by atoms with Gasteiger partial charge in [-0.15, -0.1) is 0 Å². The van der Waals surface area contributed by atoms with Gasteiger partial charge in [0.2, 0.25) is 0 Å². The maximum atomic E-state index is 12.1. The summed E-state index contributed by atoms with van der Waals surface area (Å²) in [4.78, 5) is 24.4. The molecular weight excluding hydrogens is 258 g/mol. The number of carboxylic acid groups (broad SMARTS) is 1. The van der Waals surface area contributed by atoms with E-state index in [9.17, 15) is 9.59 Å². The molecule has 0 fully saturated rings. The van der Waals surface area contributed by atoms with E-state index in [1.54, 1.807) is 6.07 Å². The van der Waals surface area contributed by atoms with Crippen molar-refractivity contribution in [1.29, 1.82) is 0 Å². The standard InChI is InChI=1S/C14H21N3O3/c1-3-5-8-16-14(20)17(4-2)12-7-6-10(13(18)19)9-11(12)15/h6-7,9H,3-5,8,15H2,1-2H3,(H,16,20)(H,18,19). The van der Waals surface area contributed by atoms with E-state index in [0.29, 0.717) is 18.8 Å². The van der Waals surface area contributed by atoms with Crippen molar-refractivity contribution in [3.8, 4) is 0 Å². The highest BCUT2D eigenvalue weighted by atomic mass is 16.4. The minimum Gasteiger partial charge on any atom is -0.478 e. The number of nitrogens with one attached hydrogen (secondary N) is 1. The summed E-state index contributed by atoms with van der Waals surface area (Å²) >= 11 is 0. The second kappa shape index (κ2) is 7.37. The quantitative estimate of drug-likeness (QED) is 0.550. The maximum Gasteiger partial charge on any atom is 0.335 e. The molecular formula is C14H21N3O3. The Morgan fingerprint density at radius 3 is 2.55 bits per heavy atom. The Morgan fingerprint density at radius 2 is 2.05 bits per heavy atom. The van der Waals surface area contributed by atoms with Gasteiger partial charge in [0.1, 0.15) is 0 Å². The minimum atomic E-state index is -1.04. The molecule has 0 bridgehead atoms. The molecule has 0 spiro atoms. The Hall–Kier alpha value is -2.24. The van der Waals surface area contributed by atoms with Crippen molar-refractivity contribution in [3.05, 3.63) is 23.8 Å². The van der Waals surface area contributed by atoms with E-state index in [2.05, 4.69) is 5.32 Å². The van der Waals surface area contributed by atoms with Crippen LogP contribution in [0.15, 0.2) is 18.2 Å². The summed E-state index contributed by atoms with van der Waals surface area (Å²) in [5.74, 6) is -1.04. The molecule has 6 nitrogen and oxygen atoms in total. The third kappa shape index (κ3) is 3.88. The highest BCUT2D eigenvalue weighted by Gasteiger charge is 2.17. The number of urea groups is 1. The molecule has 0 aromatic heterocycles. The van der Waals surface area contributed by atoms with Crippen LogP contribution in [0.25, 0.3) is 0 Å². The Morgan fingerprint density at radius 1 is 1.35 bits per heavy atom. The van der Waals surface area contributed by atoms with E-state index in [1.807, 2.05) is 13.8 Å². The maximum absolute atomic E-state index is 12.1. The average molecular weight is 279 g/mol. The molecule has 2 amide bonds. The lowest BCUT2D eigenvalue weighted by Crippen LogP contribution is -2.40. The SMILES string of the molecule is CCCCNC(=O)N(CC)c1ccc(C(=O)O)cc1N. The van der Waals surface area contributed by atoms with Gasteiger partial charge >= 0.3 is 12.0 Å². The second-order valence-corrected chi connectivity index (χ2v) is 4.41. The first-order valence-electron chi connectivity index (χ1n) is 6.69. The molecule has 1 aromatic rings. The first kappa shape index (κ1) is 15.8. The van der Waals surface area contributed by atoms with Gasteiger partial charge in [0.15, 0.2) is 0 Å². The molecule has 0 aliphatic carbocycles. The number of carboxylic acids is 1. The van der Waals surface area contributed by atoms with E-state index in [0.717, 1.165) is 12.8 Å². The molecule has 1 aromatic carbocycles. The highest BCUT2D eigenvalue weighted by Crippen LogP contribution is 2.24. The van der Waals surface area contributed by atoms with Crippen LogP contribution in [0.4, 0.5) is 16.2 Å². The summed E-state index contributed by atoms with van der Waals surface area (Å²) in [6.07, 6.45) is 1.92. The van der Waals surface area contributed by atoms with E-state index in [4.69, 9.17) is 10.8 Å². The van der Waals surface area contributed by atoms with Gasteiger partial charge in [0, 0.05) is 13.1 Å². The van der Waals surface area contributed by atoms with Crippen LogP contribution in [0.3, 0.4) is 0 Å². The fourth-order valence-electron chi connectivity index (χ4n) is 1.82. The van der Waals surface area contributed by atoms with Crippen LogP contribution in [0.1, 0.15) is 37.0 Å². The number of hydrogen-bond acceptors (Lipinski definition) is 3. The Bertz CT molecular complexity index is 489. The van der Waals surface area contributed by atoms with Crippen LogP contribution in [0.5, 0.6) is 0 Å². The number of rotatable bonds is 6. The second-order valence-electron chi connectivity index (χ2n) is 4.41. The zero-order valence-corrected chi connectivity index (χ0v) is 11.8. The van der Waals surface area contributed by atoms with Gasteiger partial charge in [-0.25, -0.2) is 9.59 Å². The molecule has 0 saturated carbocycles. The number of nitrogens with zero attached hydrogens (tertiary/aromatic N) is 1. The number of benzene rings is 1. The van der Waals surface area contributed by atoms with Crippen LogP contribution >= 0.6 is 0 Å². The van der Waals surface area contributed by atoms with Crippen LogP contribution < -0.4 is 16.0 Å². The van der Waals surface area contributed by atoms with Crippen LogP contribution in [-0.4, -0.2) is 30.2 Å². The van der Waals surface area contributed by atoms with Gasteiger partial charge in [0.05, 0.1) is 16.9 Å². The number of aromatic carboxylic acids is 1. The van der Waals surface area contributed by atoms with E-state index < -0.39 is 5.97 Å². The lowest BCUT2D eigenvalue weighted by Gasteiger charge is -2.23. The first-order valence-corrected chi connectivity index (χ1v) is 6.69. The number of carbonyl (C=O) groups excluding carboxylic acids is 1. The summed E-state index contributed by atoms with van der Waals surface area (Å²) in [5, 5.41) is 11.7. The van der Waals surface area contributed by atoms with E-state index in [1.165, 1.54) is 17.0 Å². The molecule has 0 saturated heterocycles. The van der Waals surface area contributed by atoms with E-state index in [-0.39, 0.29) is 17.3 Å². The molecule has 110 valence electrons. The minimum absolute atomic E-state index is 0.105. The van der Waals surface area contributed by atoms with Crippen molar-refractivity contribution in [1.82, 2.24) is 5.32 Å². The van der Waals surface area contributed by atoms with Crippen molar-refractivity contribution in [2.24, 2.45) is 0 Å². The van der Waals surface area contributed by atoms with E-state index >= 15 is 0 Å². The zero-order valence-electron chi connectivity index (χ0n) is 11.8. The molecule has 0 aliphatic rings. The molecule has 0 atom stereocenters. The van der Waals surface area contributed by atoms with Crippen molar-refractivity contribution < 1.29 is 14.7 Å². The lowest BCUT2D eigenvalue weighted by molar-refractivity contribution is 0.0697. The smallest absolute Gasteiger partial charge is 0.335 e. The molecule has 0 radical (unpaired) electrons. The van der Waals surface area contributed by atoms with Gasteiger partial charge in [-0.05, 0) is 31.5 Å². The van der Waals surface area contributed by atoms with Crippen molar-refractivity contribution in [3.63, 3.8) is 0 Å². The number of nitrogens with two attached hydrogens (primary N) is 1. The molecule has 1 rings (SSSR count). The zero-order chi connectivity index (χ0) is 15.1. The number of unbranched alkanes of at least 4 members (excludes halogenated alkanes) is 1. The Balaban J connectivity index is 2.89. The largest absolute Gasteiger partial charge is 0.478 e. The summed E-state index contributed by atoms with van der Waals surface area (Å²) in [5.41, 5.74) is 6.74. The van der Waals surface area contributed by atoms with Gasteiger partial charge in [-0.1, -0.05) is 13.3 Å². The molecule has 0 heterocycles. The third-order valence-corrected chi connectivity index (χ3v) is 2.93. The number of carbonyl (C=O) groups is 2. The van der Waals surface area contributed by atoms with Gasteiger partial charge < -0.3 is 16.2 Å². The van der Waals surface area contributed by atoms with Gasteiger partial charge in [0.25, 0.3) is 0 Å². The molecule has 20 heavy (non-hydrogen) atoms. The fourth-order valence-corrected chi connectivity index (χ4v) is 1.82. The lowest BCUT2D eigenvalue weighted by atomic mass is 10.1. The summed E-state index contributed by atoms with van der Waals surface area (Å²) in [6, 6.07) is 4.13. The predicted molar refractivity (Wildman–Crippen MR) is 79.1 cm³/mol. The summed E-state index contributed by atoms with van der Waals surface area (Å²) < 4.78 is 0. The third-order valence-electron chi connectivity index (χ3n) is 2.93.